The summed E-state index contributed by atoms with van der Waals surface area (Å²) in [6.45, 7) is 2.29. The van der Waals surface area contributed by atoms with E-state index in [1.54, 1.807) is 17.9 Å². The lowest BCUT2D eigenvalue weighted by atomic mass is 10.1. The first-order valence-corrected chi connectivity index (χ1v) is 11.2. The second-order valence-corrected chi connectivity index (χ2v) is 9.32. The van der Waals surface area contributed by atoms with Crippen LogP contribution in [-0.4, -0.2) is 42.3 Å². The van der Waals surface area contributed by atoms with Crippen molar-refractivity contribution in [1.29, 1.82) is 0 Å². The molecule has 9 heteroatoms. The van der Waals surface area contributed by atoms with E-state index in [4.69, 9.17) is 4.52 Å². The normalized spacial score (nSPS) is 23.7. The van der Waals surface area contributed by atoms with E-state index in [9.17, 15) is 4.79 Å². The Morgan fingerprint density at radius 2 is 1.91 bits per heavy atom. The summed E-state index contributed by atoms with van der Waals surface area (Å²) in [7, 11) is 1.78. The molecule has 1 aliphatic heterocycles. The molecule has 0 radical (unpaired) electrons. The zero-order chi connectivity index (χ0) is 21.4. The smallest absolute Gasteiger partial charge is 0.280 e. The topological polar surface area (TPSA) is 94.9 Å². The highest BCUT2D eigenvalue weighted by atomic mass is 16.5. The Morgan fingerprint density at radius 1 is 1.09 bits per heavy atom. The first-order valence-electron chi connectivity index (χ1n) is 11.2. The summed E-state index contributed by atoms with van der Waals surface area (Å²) in [5.41, 5.74) is 5.14. The number of piperidine rings is 1. The Balaban J connectivity index is 1.06. The van der Waals surface area contributed by atoms with Gasteiger partial charge in [0.2, 0.25) is 5.89 Å². The van der Waals surface area contributed by atoms with E-state index in [0.29, 0.717) is 34.8 Å². The van der Waals surface area contributed by atoms with E-state index in [-0.39, 0.29) is 12.1 Å². The van der Waals surface area contributed by atoms with E-state index < -0.39 is 0 Å². The molecular weight excluding hydrogens is 406 g/mol. The lowest BCUT2D eigenvalue weighted by Gasteiger charge is -2.22. The fraction of sp³-hybridized carbons (Fsp3) is 0.435. The van der Waals surface area contributed by atoms with Crippen LogP contribution in [0.3, 0.4) is 0 Å². The van der Waals surface area contributed by atoms with E-state index in [1.807, 2.05) is 0 Å². The summed E-state index contributed by atoms with van der Waals surface area (Å²) in [5, 5.41) is 4.24. The highest BCUT2D eigenvalue weighted by Gasteiger charge is 2.58. The lowest BCUT2D eigenvalue weighted by molar-refractivity contribution is 0.363. The van der Waals surface area contributed by atoms with Crippen molar-refractivity contribution in [2.24, 2.45) is 18.9 Å². The number of fused-ring (bicyclic) bond motifs is 3. The van der Waals surface area contributed by atoms with Crippen molar-refractivity contribution in [3.8, 4) is 0 Å². The van der Waals surface area contributed by atoms with E-state index in [2.05, 4.69) is 43.2 Å². The van der Waals surface area contributed by atoms with Crippen LogP contribution in [0.4, 0.5) is 5.69 Å². The van der Waals surface area contributed by atoms with Crippen molar-refractivity contribution in [2.75, 3.05) is 18.0 Å². The molecular formula is C23H23N7O2. The predicted octanol–water partition coefficient (Wildman–Crippen LogP) is 1.90. The van der Waals surface area contributed by atoms with Crippen molar-refractivity contribution >= 4 is 16.9 Å². The summed E-state index contributed by atoms with van der Waals surface area (Å²) in [5.74, 6) is 2.71. The molecule has 2 aliphatic carbocycles. The van der Waals surface area contributed by atoms with Crippen LogP contribution < -0.4 is 10.5 Å². The third-order valence-electron chi connectivity index (χ3n) is 7.43. The summed E-state index contributed by atoms with van der Waals surface area (Å²) >= 11 is 0. The minimum absolute atomic E-state index is 0.164. The summed E-state index contributed by atoms with van der Waals surface area (Å²) in [6.07, 6.45) is 6.80. The van der Waals surface area contributed by atoms with Crippen molar-refractivity contribution in [2.45, 2.75) is 31.7 Å². The summed E-state index contributed by atoms with van der Waals surface area (Å²) in [4.78, 5) is 28.2. The van der Waals surface area contributed by atoms with Crippen LogP contribution >= 0.6 is 0 Å². The Bertz CT molecular complexity index is 1410. The second kappa shape index (κ2) is 6.51. The average molecular weight is 429 g/mol. The molecule has 3 aromatic heterocycles. The standard InChI is InChI=1S/C23H23N7O2/c1-28-11-24-22-20(28)23(31)30(12-25-22)10-18-26-21(27-32-18)19-16-8-29(9-17(16)19)15-6-5-13-3-2-4-14(13)7-15/h5-7,11-12,16-17,19H,2-4,8-10H2,1H3/t16-,17?,19?/m0/s1. The SMILES string of the molecule is Cn1cnc2ncn(Cc3nc(C4C5CN(c6ccc7c(c6)CCC7)C[C@@H]54)no3)c(=O)c21. The van der Waals surface area contributed by atoms with Gasteiger partial charge in [0.1, 0.15) is 12.9 Å². The summed E-state index contributed by atoms with van der Waals surface area (Å²) in [6, 6.07) is 6.98. The molecule has 3 atom stereocenters. The molecule has 0 amide bonds. The van der Waals surface area contributed by atoms with Crippen LogP contribution in [0.5, 0.6) is 0 Å². The van der Waals surface area contributed by atoms with Crippen molar-refractivity contribution in [3.05, 3.63) is 64.0 Å². The third-order valence-corrected chi connectivity index (χ3v) is 7.43. The molecule has 0 spiro atoms. The molecule has 2 unspecified atom stereocenters. The Kier molecular flexibility index (Phi) is 3.68. The van der Waals surface area contributed by atoms with E-state index in [0.717, 1.165) is 18.9 Å². The fourth-order valence-corrected chi connectivity index (χ4v) is 5.67. The Labute approximate surface area is 183 Å². The molecule has 4 heterocycles. The molecule has 4 aromatic rings. The molecule has 9 nitrogen and oxygen atoms in total. The molecule has 3 aliphatic rings. The van der Waals surface area contributed by atoms with Gasteiger partial charge in [-0.1, -0.05) is 11.2 Å². The number of hydrogen-bond donors (Lipinski definition) is 0. The fourth-order valence-electron chi connectivity index (χ4n) is 5.67. The minimum Gasteiger partial charge on any atom is -0.371 e. The number of aromatic nitrogens is 6. The van der Waals surface area contributed by atoms with Gasteiger partial charge in [0.25, 0.3) is 5.56 Å². The number of rotatable bonds is 4. The summed E-state index contributed by atoms with van der Waals surface area (Å²) < 4.78 is 8.66. The highest BCUT2D eigenvalue weighted by Crippen LogP contribution is 2.58. The number of anilines is 1. The van der Waals surface area contributed by atoms with Gasteiger partial charge in [-0.15, -0.1) is 0 Å². The zero-order valence-electron chi connectivity index (χ0n) is 17.8. The van der Waals surface area contributed by atoms with Gasteiger partial charge in [0.05, 0.1) is 6.33 Å². The number of benzene rings is 1. The third kappa shape index (κ3) is 2.66. The molecule has 7 rings (SSSR count). The van der Waals surface area contributed by atoms with Crippen LogP contribution in [0.15, 0.2) is 40.2 Å². The van der Waals surface area contributed by atoms with E-state index >= 15 is 0 Å². The van der Waals surface area contributed by atoms with E-state index in [1.165, 1.54) is 47.0 Å². The number of aryl methyl sites for hydroxylation is 3. The van der Waals surface area contributed by atoms with Crippen LogP contribution in [-0.2, 0) is 26.4 Å². The maximum Gasteiger partial charge on any atom is 0.280 e. The molecule has 0 N–H and O–H groups in total. The second-order valence-electron chi connectivity index (χ2n) is 9.32. The van der Waals surface area contributed by atoms with Crippen LogP contribution in [0.25, 0.3) is 11.2 Å². The average Bonchev–Trinajstić information content (AvgIpc) is 3.38. The molecule has 2 fully saturated rings. The quantitative estimate of drug-likeness (QED) is 0.489. The van der Waals surface area contributed by atoms with Crippen LogP contribution in [0, 0.1) is 11.8 Å². The van der Waals surface area contributed by atoms with Crippen LogP contribution in [0.2, 0.25) is 0 Å². The molecule has 0 bridgehead atoms. The monoisotopic (exact) mass is 429 g/mol. The molecule has 1 saturated heterocycles. The van der Waals surface area contributed by atoms with Gasteiger partial charge in [-0.25, -0.2) is 9.97 Å². The minimum atomic E-state index is -0.164. The first kappa shape index (κ1) is 18.1. The van der Waals surface area contributed by atoms with Gasteiger partial charge in [-0.05, 0) is 54.4 Å². The number of imidazole rings is 1. The van der Waals surface area contributed by atoms with Gasteiger partial charge in [-0.3, -0.25) is 9.36 Å². The Hall–Kier alpha value is -3.49. The first-order chi connectivity index (χ1) is 15.7. The van der Waals surface area contributed by atoms with Crippen LogP contribution in [0.1, 0.15) is 35.2 Å². The van der Waals surface area contributed by atoms with Crippen molar-refractivity contribution < 1.29 is 4.52 Å². The maximum atomic E-state index is 12.7. The predicted molar refractivity (Wildman–Crippen MR) is 117 cm³/mol. The van der Waals surface area contributed by atoms with Gasteiger partial charge in [0.15, 0.2) is 17.0 Å². The number of hydrogen-bond acceptors (Lipinski definition) is 7. The largest absolute Gasteiger partial charge is 0.371 e. The van der Waals surface area contributed by atoms with Gasteiger partial charge < -0.3 is 14.0 Å². The van der Waals surface area contributed by atoms with Crippen molar-refractivity contribution in [3.63, 3.8) is 0 Å². The number of nitrogens with zero attached hydrogens (tertiary/aromatic N) is 7. The molecule has 1 saturated carbocycles. The Morgan fingerprint density at radius 3 is 2.78 bits per heavy atom. The maximum absolute atomic E-state index is 12.7. The molecule has 32 heavy (non-hydrogen) atoms. The highest BCUT2D eigenvalue weighted by molar-refractivity contribution is 5.68. The van der Waals surface area contributed by atoms with Gasteiger partial charge in [-0.2, -0.15) is 4.98 Å². The van der Waals surface area contributed by atoms with Gasteiger partial charge >= 0.3 is 0 Å². The molecule has 162 valence electrons. The van der Waals surface area contributed by atoms with Gasteiger partial charge in [0, 0.05) is 31.7 Å². The van der Waals surface area contributed by atoms with Crippen molar-refractivity contribution in [1.82, 2.24) is 29.2 Å². The zero-order valence-corrected chi connectivity index (χ0v) is 17.8. The molecule has 1 aromatic carbocycles. The lowest BCUT2D eigenvalue weighted by Crippen LogP contribution is -2.24.